The van der Waals surface area contributed by atoms with Crippen LogP contribution in [0, 0.1) is 18.3 Å². The van der Waals surface area contributed by atoms with E-state index in [2.05, 4.69) is 48.3 Å². The molecule has 0 amide bonds. The van der Waals surface area contributed by atoms with E-state index < -0.39 is 0 Å². The number of unbranched alkanes of at least 4 members (excludes halogenated alkanes) is 1. The molecule has 3 aromatic rings. The summed E-state index contributed by atoms with van der Waals surface area (Å²) in [4.78, 5) is 10.9. The monoisotopic (exact) mass is 485 g/mol. The lowest BCUT2D eigenvalue weighted by Crippen LogP contribution is -2.32. The molecule has 1 N–H and O–H groups in total. The summed E-state index contributed by atoms with van der Waals surface area (Å²) in [6, 6.07) is 7.76. The first-order valence-corrected chi connectivity index (χ1v) is 11.8. The second-order valence-electron chi connectivity index (χ2n) is 8.25. The average Bonchev–Trinajstić information content (AvgIpc) is 3.04. The summed E-state index contributed by atoms with van der Waals surface area (Å²) in [5.74, 6) is 0.979. The van der Waals surface area contributed by atoms with E-state index in [1.165, 1.54) is 11.6 Å². The zero-order chi connectivity index (χ0) is 24.1. The Morgan fingerprint density at radius 3 is 2.55 bits per heavy atom. The zero-order valence-electron chi connectivity index (χ0n) is 19.7. The van der Waals surface area contributed by atoms with E-state index >= 15 is 0 Å². The highest BCUT2D eigenvalue weighted by molar-refractivity contribution is 6.32. The third-order valence-corrected chi connectivity index (χ3v) is 5.80. The fourth-order valence-corrected chi connectivity index (χ4v) is 4.31. The molecule has 7 nitrogen and oxygen atoms in total. The number of hydrogen-bond donors (Lipinski definition) is 1. The van der Waals surface area contributed by atoms with Crippen LogP contribution in [0.15, 0.2) is 30.1 Å². The quantitative estimate of drug-likeness (QED) is 0.301. The number of nitriles is 1. The zero-order valence-corrected chi connectivity index (χ0v) is 21.2. The predicted octanol–water partition coefficient (Wildman–Crippen LogP) is 5.86. The van der Waals surface area contributed by atoms with Crippen molar-refractivity contribution in [3.8, 4) is 6.07 Å². The molecule has 0 aliphatic heterocycles. The second-order valence-corrected chi connectivity index (χ2v) is 9.03. The molecule has 174 valence electrons. The highest BCUT2D eigenvalue weighted by Crippen LogP contribution is 2.28. The van der Waals surface area contributed by atoms with Crippen molar-refractivity contribution in [3.05, 3.63) is 57.4 Å². The van der Waals surface area contributed by atoms with Crippen molar-refractivity contribution >= 4 is 39.9 Å². The van der Waals surface area contributed by atoms with Crippen LogP contribution in [0.4, 0.5) is 5.69 Å². The molecule has 0 saturated carbocycles. The Labute approximate surface area is 205 Å². The van der Waals surface area contributed by atoms with Gasteiger partial charge in [0, 0.05) is 24.7 Å². The van der Waals surface area contributed by atoms with Crippen molar-refractivity contribution < 1.29 is 0 Å². The van der Waals surface area contributed by atoms with Crippen molar-refractivity contribution in [2.75, 3.05) is 11.4 Å². The summed E-state index contributed by atoms with van der Waals surface area (Å²) < 4.78 is 1.82. The van der Waals surface area contributed by atoms with Gasteiger partial charge >= 0.3 is 0 Å². The van der Waals surface area contributed by atoms with Crippen molar-refractivity contribution in [2.45, 2.75) is 53.0 Å². The predicted molar refractivity (Wildman–Crippen MR) is 134 cm³/mol. The number of rotatable bonds is 9. The van der Waals surface area contributed by atoms with Crippen molar-refractivity contribution in [1.29, 1.82) is 5.26 Å². The molecule has 0 aromatic carbocycles. The first-order valence-electron chi connectivity index (χ1n) is 11.0. The number of anilines is 1. The fraction of sp³-hybridized carbons (Fsp3) is 0.417. The van der Waals surface area contributed by atoms with Gasteiger partial charge < -0.3 is 10.2 Å². The van der Waals surface area contributed by atoms with Crippen LogP contribution >= 0.6 is 23.2 Å². The third-order valence-electron chi connectivity index (χ3n) is 5.41. The lowest BCUT2D eigenvalue weighted by molar-refractivity contribution is 0.692. The molecule has 0 fully saturated rings. The molecule has 0 unspecified atom stereocenters. The lowest BCUT2D eigenvalue weighted by Gasteiger charge is -2.28. The Morgan fingerprint density at radius 1 is 1.24 bits per heavy atom. The molecule has 3 rings (SSSR count). The largest absolute Gasteiger partial charge is 0.365 e. The van der Waals surface area contributed by atoms with E-state index in [0.29, 0.717) is 35.1 Å². The number of aryl methyl sites for hydroxylation is 2. The maximum Gasteiger partial charge on any atom is 0.158 e. The number of aromatic nitrogens is 4. The number of nitrogens with zero attached hydrogens (tertiary/aromatic N) is 6. The lowest BCUT2D eigenvalue weighted by atomic mass is 9.99. The molecule has 0 atom stereocenters. The average molecular weight is 486 g/mol. The van der Waals surface area contributed by atoms with Crippen LogP contribution in [0.2, 0.25) is 10.3 Å². The van der Waals surface area contributed by atoms with E-state index in [-0.39, 0.29) is 0 Å². The second kappa shape index (κ2) is 10.9. The van der Waals surface area contributed by atoms with Gasteiger partial charge in [-0.05, 0) is 43.0 Å². The van der Waals surface area contributed by atoms with E-state index in [1.54, 1.807) is 12.1 Å². The van der Waals surface area contributed by atoms with E-state index in [4.69, 9.17) is 28.2 Å². The van der Waals surface area contributed by atoms with Crippen molar-refractivity contribution in [3.63, 3.8) is 0 Å². The maximum absolute atomic E-state index is 9.48. The van der Waals surface area contributed by atoms with Crippen LogP contribution in [0.1, 0.15) is 56.5 Å². The van der Waals surface area contributed by atoms with E-state index in [1.807, 2.05) is 23.6 Å². The minimum atomic E-state index is 0.301. The molecule has 3 heterocycles. The highest BCUT2D eigenvalue weighted by Gasteiger charge is 2.18. The van der Waals surface area contributed by atoms with Gasteiger partial charge in [-0.3, -0.25) is 4.68 Å². The Kier molecular flexibility index (Phi) is 8.17. The van der Waals surface area contributed by atoms with E-state index in [0.717, 1.165) is 41.0 Å². The van der Waals surface area contributed by atoms with Gasteiger partial charge in [0.2, 0.25) is 0 Å². The summed E-state index contributed by atoms with van der Waals surface area (Å²) >= 11 is 12.3. The first-order chi connectivity index (χ1) is 15.7. The first kappa shape index (κ1) is 24.8. The molecule has 9 heteroatoms. The van der Waals surface area contributed by atoms with Crippen LogP contribution < -0.4 is 10.2 Å². The summed E-state index contributed by atoms with van der Waals surface area (Å²) in [6.07, 6.45) is 3.42. The standard InChI is InChI=1S/C24H29Cl2N7/c1-6-7-10-33(18-12-20(25)30-21(26)13-18)22(8-9-27)28-14-17-11-19(15(2)3)23-16(4)31-32(5)24(23)29-17/h8,11-13,15,28H,6-7,10,14H2,1-5H3/b22-8+. The summed E-state index contributed by atoms with van der Waals surface area (Å²) in [5.41, 5.74) is 4.70. The normalized spacial score (nSPS) is 11.8. The van der Waals surface area contributed by atoms with Crippen molar-refractivity contribution in [2.24, 2.45) is 7.05 Å². The summed E-state index contributed by atoms with van der Waals surface area (Å²) in [7, 11) is 1.91. The van der Waals surface area contributed by atoms with Gasteiger partial charge in [0.1, 0.15) is 16.1 Å². The SMILES string of the molecule is CCCCN(/C(=C/C#N)NCc1cc(C(C)C)c2c(C)nn(C)c2n1)c1cc(Cl)nc(Cl)c1. The van der Waals surface area contributed by atoms with E-state index in [9.17, 15) is 5.26 Å². The van der Waals surface area contributed by atoms with Gasteiger partial charge in [0.15, 0.2) is 5.65 Å². The third kappa shape index (κ3) is 5.76. The molecular formula is C24H29Cl2N7. The van der Waals surface area contributed by atoms with Crippen LogP contribution in [-0.4, -0.2) is 26.3 Å². The minimum Gasteiger partial charge on any atom is -0.365 e. The summed E-state index contributed by atoms with van der Waals surface area (Å²) in [6.45, 7) is 9.61. The minimum absolute atomic E-state index is 0.301. The number of halogens is 2. The van der Waals surface area contributed by atoms with Crippen LogP contribution in [0.5, 0.6) is 0 Å². The maximum atomic E-state index is 9.48. The number of hydrogen-bond acceptors (Lipinski definition) is 6. The molecule has 0 bridgehead atoms. The molecule has 0 radical (unpaired) electrons. The molecular weight excluding hydrogens is 457 g/mol. The molecule has 0 saturated heterocycles. The highest BCUT2D eigenvalue weighted by atomic mass is 35.5. The molecule has 3 aromatic heterocycles. The Morgan fingerprint density at radius 2 is 1.94 bits per heavy atom. The fourth-order valence-electron chi connectivity index (χ4n) is 3.86. The Hall–Kier alpha value is -2.82. The van der Waals surface area contributed by atoms with Gasteiger partial charge in [-0.15, -0.1) is 0 Å². The Balaban J connectivity index is 1.96. The molecule has 0 aliphatic carbocycles. The molecule has 0 aliphatic rings. The topological polar surface area (TPSA) is 82.7 Å². The van der Waals surface area contributed by atoms with Crippen LogP contribution in [-0.2, 0) is 13.6 Å². The number of pyridine rings is 2. The number of nitrogens with one attached hydrogen (secondary N) is 1. The Bertz CT molecular complexity index is 1190. The smallest absolute Gasteiger partial charge is 0.158 e. The molecule has 33 heavy (non-hydrogen) atoms. The number of fused-ring (bicyclic) bond motifs is 1. The van der Waals surface area contributed by atoms with Gasteiger partial charge in [-0.25, -0.2) is 9.97 Å². The van der Waals surface area contributed by atoms with Gasteiger partial charge in [0.05, 0.1) is 30.1 Å². The summed E-state index contributed by atoms with van der Waals surface area (Å²) in [5, 5.41) is 19.1. The van der Waals surface area contributed by atoms with Gasteiger partial charge in [-0.2, -0.15) is 10.4 Å². The molecule has 0 spiro atoms. The van der Waals surface area contributed by atoms with Gasteiger partial charge in [0.25, 0.3) is 0 Å². The van der Waals surface area contributed by atoms with Crippen LogP contribution in [0.25, 0.3) is 11.0 Å². The van der Waals surface area contributed by atoms with Crippen molar-refractivity contribution in [1.82, 2.24) is 25.1 Å². The number of allylic oxidation sites excluding steroid dienone is 1. The van der Waals surface area contributed by atoms with Gasteiger partial charge in [-0.1, -0.05) is 50.4 Å². The van der Waals surface area contributed by atoms with Crippen LogP contribution in [0.3, 0.4) is 0 Å².